The Morgan fingerprint density at radius 2 is 1.70 bits per heavy atom. The molecule has 0 spiro atoms. The van der Waals surface area contributed by atoms with Crippen LogP contribution in [0.1, 0.15) is 22.3 Å². The molecule has 1 atom stereocenters. The van der Waals surface area contributed by atoms with Crippen LogP contribution in [-0.4, -0.2) is 11.7 Å². The molecule has 0 amide bonds. The molecule has 0 aromatic heterocycles. The summed E-state index contributed by atoms with van der Waals surface area (Å²) in [5.74, 6) is -0.139. The lowest BCUT2D eigenvalue weighted by Gasteiger charge is -2.16. The fourth-order valence-electron chi connectivity index (χ4n) is 2.56. The summed E-state index contributed by atoms with van der Waals surface area (Å²) in [6.07, 6.45) is 1.34. The van der Waals surface area contributed by atoms with Crippen LogP contribution in [0.25, 0.3) is 0 Å². The Morgan fingerprint density at radius 3 is 2.35 bits per heavy atom. The van der Waals surface area contributed by atoms with Gasteiger partial charge in [-0.1, -0.05) is 42.0 Å². The summed E-state index contributed by atoms with van der Waals surface area (Å²) in [5.41, 5.74) is 4.38. The van der Waals surface area contributed by atoms with E-state index in [2.05, 4.69) is 32.0 Å². The molecule has 1 nitrogen and oxygen atoms in total. The number of hydrogen-bond donors (Lipinski definition) is 1. The second-order valence-electron chi connectivity index (χ2n) is 5.48. The van der Waals surface area contributed by atoms with Crippen LogP contribution in [0.5, 0.6) is 0 Å². The minimum absolute atomic E-state index is 0.0494. The smallest absolute Gasteiger partial charge is 0.126 e. The van der Waals surface area contributed by atoms with Gasteiger partial charge in [-0.05, 0) is 55.4 Å². The number of hydrogen-bond acceptors (Lipinski definition) is 1. The van der Waals surface area contributed by atoms with Gasteiger partial charge in [-0.25, -0.2) is 4.39 Å². The average molecular weight is 272 g/mol. The zero-order valence-electron chi connectivity index (χ0n) is 12.1. The van der Waals surface area contributed by atoms with Gasteiger partial charge in [0.25, 0.3) is 0 Å². The molecule has 0 saturated heterocycles. The van der Waals surface area contributed by atoms with Crippen molar-refractivity contribution < 1.29 is 9.50 Å². The molecular weight excluding hydrogens is 251 g/mol. The number of aliphatic hydroxyl groups is 1. The predicted molar refractivity (Wildman–Crippen MR) is 80.3 cm³/mol. The summed E-state index contributed by atoms with van der Waals surface area (Å²) < 4.78 is 13.7. The Kier molecular flexibility index (Phi) is 4.91. The first-order valence-corrected chi connectivity index (χ1v) is 7.00. The van der Waals surface area contributed by atoms with Crippen molar-refractivity contribution in [3.05, 3.63) is 70.5 Å². The van der Waals surface area contributed by atoms with Gasteiger partial charge in [0, 0.05) is 6.61 Å². The van der Waals surface area contributed by atoms with Crippen molar-refractivity contribution in [2.24, 2.45) is 5.92 Å². The minimum atomic E-state index is -0.188. The quantitative estimate of drug-likeness (QED) is 0.877. The van der Waals surface area contributed by atoms with Gasteiger partial charge in [0.1, 0.15) is 5.82 Å². The monoisotopic (exact) mass is 272 g/mol. The molecule has 20 heavy (non-hydrogen) atoms. The van der Waals surface area contributed by atoms with Crippen molar-refractivity contribution in [2.45, 2.75) is 26.7 Å². The highest BCUT2D eigenvalue weighted by Crippen LogP contribution is 2.19. The molecule has 0 aliphatic heterocycles. The minimum Gasteiger partial charge on any atom is -0.396 e. The van der Waals surface area contributed by atoms with Crippen LogP contribution in [0.2, 0.25) is 0 Å². The summed E-state index contributed by atoms with van der Waals surface area (Å²) >= 11 is 0. The molecule has 0 aliphatic carbocycles. The molecule has 1 unspecified atom stereocenters. The molecule has 0 bridgehead atoms. The molecule has 2 aromatic rings. The van der Waals surface area contributed by atoms with Crippen LogP contribution in [0, 0.1) is 25.6 Å². The SMILES string of the molecule is Cc1ccc(CC(CO)Cc2ccccc2F)c(C)c1. The first-order valence-electron chi connectivity index (χ1n) is 7.00. The third kappa shape index (κ3) is 3.67. The Hall–Kier alpha value is -1.67. The van der Waals surface area contributed by atoms with Crippen molar-refractivity contribution in [3.8, 4) is 0 Å². The predicted octanol–water partition coefficient (Wildman–Crippen LogP) is 3.84. The van der Waals surface area contributed by atoms with Gasteiger partial charge in [-0.2, -0.15) is 0 Å². The second kappa shape index (κ2) is 6.67. The van der Waals surface area contributed by atoms with Gasteiger partial charge in [-0.15, -0.1) is 0 Å². The zero-order valence-corrected chi connectivity index (χ0v) is 12.1. The van der Waals surface area contributed by atoms with Gasteiger partial charge in [0.05, 0.1) is 0 Å². The van der Waals surface area contributed by atoms with E-state index in [1.807, 2.05) is 6.07 Å². The Bertz CT molecular complexity index is 577. The van der Waals surface area contributed by atoms with Crippen LogP contribution >= 0.6 is 0 Å². The average Bonchev–Trinajstić information content (AvgIpc) is 2.43. The molecule has 0 fully saturated rings. The summed E-state index contributed by atoms with van der Waals surface area (Å²) in [5, 5.41) is 9.56. The number of halogens is 1. The van der Waals surface area contributed by atoms with E-state index in [9.17, 15) is 9.50 Å². The fourth-order valence-corrected chi connectivity index (χ4v) is 2.56. The van der Waals surface area contributed by atoms with Gasteiger partial charge < -0.3 is 5.11 Å². The van der Waals surface area contributed by atoms with Crippen LogP contribution in [0.3, 0.4) is 0 Å². The Morgan fingerprint density at radius 1 is 1.00 bits per heavy atom. The molecule has 0 radical (unpaired) electrons. The molecule has 1 N–H and O–H groups in total. The molecule has 2 aromatic carbocycles. The zero-order chi connectivity index (χ0) is 14.5. The highest BCUT2D eigenvalue weighted by molar-refractivity contribution is 5.31. The van der Waals surface area contributed by atoms with Gasteiger partial charge in [-0.3, -0.25) is 0 Å². The normalized spacial score (nSPS) is 12.4. The second-order valence-corrected chi connectivity index (χ2v) is 5.48. The lowest BCUT2D eigenvalue weighted by atomic mass is 9.90. The van der Waals surface area contributed by atoms with E-state index >= 15 is 0 Å². The van der Waals surface area contributed by atoms with Crippen LogP contribution in [0.4, 0.5) is 4.39 Å². The van der Waals surface area contributed by atoms with E-state index in [0.29, 0.717) is 12.0 Å². The van der Waals surface area contributed by atoms with Crippen LogP contribution in [-0.2, 0) is 12.8 Å². The van der Waals surface area contributed by atoms with Crippen molar-refractivity contribution in [3.63, 3.8) is 0 Å². The maximum absolute atomic E-state index is 13.7. The highest BCUT2D eigenvalue weighted by Gasteiger charge is 2.13. The largest absolute Gasteiger partial charge is 0.396 e. The van der Waals surface area contributed by atoms with E-state index in [-0.39, 0.29) is 18.3 Å². The van der Waals surface area contributed by atoms with Gasteiger partial charge in [0.15, 0.2) is 0 Å². The van der Waals surface area contributed by atoms with Crippen molar-refractivity contribution in [1.29, 1.82) is 0 Å². The van der Waals surface area contributed by atoms with Gasteiger partial charge >= 0.3 is 0 Å². The van der Waals surface area contributed by atoms with Crippen molar-refractivity contribution in [1.82, 2.24) is 0 Å². The maximum atomic E-state index is 13.7. The van der Waals surface area contributed by atoms with E-state index in [4.69, 9.17) is 0 Å². The summed E-state index contributed by atoms with van der Waals surface area (Å²) in [6.45, 7) is 4.22. The number of rotatable bonds is 5. The highest BCUT2D eigenvalue weighted by atomic mass is 19.1. The molecule has 0 heterocycles. The number of aryl methyl sites for hydroxylation is 2. The summed E-state index contributed by atoms with van der Waals surface area (Å²) in [4.78, 5) is 0. The third-order valence-corrected chi connectivity index (χ3v) is 3.73. The lowest BCUT2D eigenvalue weighted by molar-refractivity contribution is 0.224. The van der Waals surface area contributed by atoms with E-state index in [0.717, 1.165) is 6.42 Å². The fraction of sp³-hybridized carbons (Fsp3) is 0.333. The van der Waals surface area contributed by atoms with Crippen molar-refractivity contribution >= 4 is 0 Å². The molecule has 2 heteroatoms. The number of aliphatic hydroxyl groups excluding tert-OH is 1. The standard InChI is InChI=1S/C18H21FO/c1-13-7-8-16(14(2)9-13)10-15(12-20)11-17-5-3-4-6-18(17)19/h3-9,15,20H,10-12H2,1-2H3. The first kappa shape index (κ1) is 14.7. The summed E-state index contributed by atoms with van der Waals surface area (Å²) in [6, 6.07) is 13.1. The topological polar surface area (TPSA) is 20.2 Å². The van der Waals surface area contributed by atoms with Crippen LogP contribution in [0.15, 0.2) is 42.5 Å². The molecule has 0 aliphatic rings. The molecule has 2 rings (SSSR count). The van der Waals surface area contributed by atoms with Gasteiger partial charge in [0.2, 0.25) is 0 Å². The van der Waals surface area contributed by atoms with E-state index in [1.54, 1.807) is 12.1 Å². The summed E-state index contributed by atoms with van der Waals surface area (Å²) in [7, 11) is 0. The molecule has 106 valence electrons. The first-order chi connectivity index (χ1) is 9.60. The van der Waals surface area contributed by atoms with E-state index < -0.39 is 0 Å². The number of benzene rings is 2. The maximum Gasteiger partial charge on any atom is 0.126 e. The Labute approximate surface area is 120 Å². The molecule has 0 saturated carbocycles. The Balaban J connectivity index is 2.11. The third-order valence-electron chi connectivity index (χ3n) is 3.73. The molecular formula is C18H21FO. The van der Waals surface area contributed by atoms with Crippen LogP contribution < -0.4 is 0 Å². The lowest BCUT2D eigenvalue weighted by Crippen LogP contribution is -2.14. The van der Waals surface area contributed by atoms with E-state index in [1.165, 1.54) is 22.8 Å². The van der Waals surface area contributed by atoms with Crippen molar-refractivity contribution in [2.75, 3.05) is 6.61 Å².